The first kappa shape index (κ1) is 27.6. The molecule has 2 aliphatic rings. The van der Waals surface area contributed by atoms with Gasteiger partial charge in [0.15, 0.2) is 0 Å². The molecule has 3 aromatic carbocycles. The number of aromatic nitrogens is 3. The van der Waals surface area contributed by atoms with Crippen LogP contribution < -0.4 is 4.72 Å². The molecule has 6 rings (SSSR count). The summed E-state index contributed by atoms with van der Waals surface area (Å²) >= 11 is 0. The van der Waals surface area contributed by atoms with Gasteiger partial charge in [-0.1, -0.05) is 67.6 Å². The molecule has 1 saturated carbocycles. The number of fused-ring (bicyclic) bond motifs is 1. The van der Waals surface area contributed by atoms with Gasteiger partial charge in [-0.3, -0.25) is 9.62 Å². The van der Waals surface area contributed by atoms with E-state index in [1.807, 2.05) is 48.7 Å². The second kappa shape index (κ2) is 12.1. The highest BCUT2D eigenvalue weighted by Crippen LogP contribution is 2.30. The van der Waals surface area contributed by atoms with Crippen molar-refractivity contribution in [3.05, 3.63) is 101 Å². The van der Waals surface area contributed by atoms with Gasteiger partial charge in [-0.15, -0.1) is 5.10 Å². The van der Waals surface area contributed by atoms with Crippen molar-refractivity contribution in [3.63, 3.8) is 0 Å². The Morgan fingerprint density at radius 3 is 2.61 bits per heavy atom. The minimum Gasteiger partial charge on any atom is -0.293 e. The molecular formula is C32H36FN5O2S. The fourth-order valence-corrected chi connectivity index (χ4v) is 7.21. The van der Waals surface area contributed by atoms with Crippen molar-refractivity contribution in [2.24, 2.45) is 5.92 Å². The Morgan fingerprint density at radius 1 is 0.976 bits per heavy atom. The molecule has 214 valence electrons. The van der Waals surface area contributed by atoms with Crippen LogP contribution in [0.1, 0.15) is 60.9 Å². The zero-order valence-electron chi connectivity index (χ0n) is 23.2. The number of nitrogens with one attached hydrogen (secondary N) is 1. The van der Waals surface area contributed by atoms with Gasteiger partial charge in [0.25, 0.3) is 10.0 Å². The quantitative estimate of drug-likeness (QED) is 0.242. The highest BCUT2D eigenvalue weighted by molar-refractivity contribution is 7.92. The standard InChI is InChI=1S/C32H36FN5O2S/c33-31-19-25(10-6-9-24-7-4-5-8-24)13-16-32(31)35-41(39,40)30-15-14-27-21-37(18-17-26(27)20-30)22-28-23-38(36-34-28)29-11-2-1-3-12-29/h1-3,11-16,19-20,23-24,35H,4-10,17-18,21-22H2. The van der Waals surface area contributed by atoms with Gasteiger partial charge in [-0.2, -0.15) is 0 Å². The minimum absolute atomic E-state index is 0.0167. The van der Waals surface area contributed by atoms with Crippen molar-refractivity contribution >= 4 is 15.7 Å². The fraction of sp³-hybridized carbons (Fsp3) is 0.375. The first-order chi connectivity index (χ1) is 19.9. The summed E-state index contributed by atoms with van der Waals surface area (Å²) in [6, 6.07) is 19.9. The number of para-hydroxylation sites is 1. The third kappa shape index (κ3) is 6.68. The Hall–Kier alpha value is -3.56. The van der Waals surface area contributed by atoms with E-state index in [9.17, 15) is 12.8 Å². The molecule has 7 nitrogen and oxygen atoms in total. The summed E-state index contributed by atoms with van der Waals surface area (Å²) in [5, 5.41) is 8.57. The minimum atomic E-state index is -3.92. The average Bonchev–Trinajstić information content (AvgIpc) is 3.67. The smallest absolute Gasteiger partial charge is 0.261 e. The van der Waals surface area contributed by atoms with Crippen molar-refractivity contribution < 1.29 is 12.8 Å². The number of anilines is 1. The van der Waals surface area contributed by atoms with E-state index in [4.69, 9.17) is 0 Å². The van der Waals surface area contributed by atoms with E-state index in [0.717, 1.165) is 59.8 Å². The van der Waals surface area contributed by atoms with Gasteiger partial charge < -0.3 is 0 Å². The van der Waals surface area contributed by atoms with Crippen molar-refractivity contribution in [1.82, 2.24) is 19.9 Å². The highest BCUT2D eigenvalue weighted by atomic mass is 32.2. The Bertz CT molecular complexity index is 1600. The maximum absolute atomic E-state index is 14.9. The van der Waals surface area contributed by atoms with E-state index in [0.29, 0.717) is 13.1 Å². The monoisotopic (exact) mass is 573 g/mol. The van der Waals surface area contributed by atoms with E-state index >= 15 is 0 Å². The molecule has 41 heavy (non-hydrogen) atoms. The molecule has 0 unspecified atom stereocenters. The number of hydrogen-bond donors (Lipinski definition) is 1. The van der Waals surface area contributed by atoms with Crippen LogP contribution in [0.15, 0.2) is 77.8 Å². The number of rotatable bonds is 10. The van der Waals surface area contributed by atoms with Crippen LogP contribution >= 0.6 is 0 Å². The van der Waals surface area contributed by atoms with E-state index in [1.165, 1.54) is 38.2 Å². The zero-order valence-corrected chi connectivity index (χ0v) is 24.0. The maximum atomic E-state index is 14.9. The second-order valence-corrected chi connectivity index (χ2v) is 13.0. The zero-order chi connectivity index (χ0) is 28.2. The number of hydrogen-bond acceptors (Lipinski definition) is 5. The summed E-state index contributed by atoms with van der Waals surface area (Å²) in [7, 11) is -3.92. The molecule has 4 aromatic rings. The van der Waals surface area contributed by atoms with E-state index in [2.05, 4.69) is 19.9 Å². The van der Waals surface area contributed by atoms with Gasteiger partial charge >= 0.3 is 0 Å². The molecule has 0 saturated heterocycles. The van der Waals surface area contributed by atoms with Crippen LogP contribution in [0.25, 0.3) is 5.69 Å². The molecule has 9 heteroatoms. The van der Waals surface area contributed by atoms with Crippen LogP contribution in [-0.4, -0.2) is 34.9 Å². The summed E-state index contributed by atoms with van der Waals surface area (Å²) < 4.78 is 45.4. The summed E-state index contributed by atoms with van der Waals surface area (Å²) in [6.45, 7) is 2.13. The largest absolute Gasteiger partial charge is 0.293 e. The molecular weight excluding hydrogens is 537 g/mol. The maximum Gasteiger partial charge on any atom is 0.261 e. The summed E-state index contributed by atoms with van der Waals surface area (Å²) in [5.74, 6) is 0.275. The number of aryl methyl sites for hydroxylation is 1. The first-order valence-electron chi connectivity index (χ1n) is 14.5. The van der Waals surface area contributed by atoms with Gasteiger partial charge in [0.2, 0.25) is 0 Å². The summed E-state index contributed by atoms with van der Waals surface area (Å²) in [5.41, 5.74) is 4.81. The van der Waals surface area contributed by atoms with Gasteiger partial charge in [0.1, 0.15) is 5.82 Å². The molecule has 0 atom stereocenters. The SMILES string of the molecule is O=S(=O)(Nc1ccc(CCCC2CCCC2)cc1F)c1ccc2c(c1)CCN(Cc1cn(-c3ccccc3)nn1)C2. The third-order valence-electron chi connectivity index (χ3n) is 8.36. The lowest BCUT2D eigenvalue weighted by Crippen LogP contribution is -2.30. The fourth-order valence-electron chi connectivity index (χ4n) is 6.09. The molecule has 1 aromatic heterocycles. The van der Waals surface area contributed by atoms with Crippen LogP contribution in [0.4, 0.5) is 10.1 Å². The molecule has 0 amide bonds. The molecule has 1 fully saturated rings. The predicted molar refractivity (Wildman–Crippen MR) is 158 cm³/mol. The topological polar surface area (TPSA) is 80.1 Å². The number of nitrogens with zero attached hydrogens (tertiary/aromatic N) is 4. The normalized spacial score (nSPS) is 16.1. The summed E-state index contributed by atoms with van der Waals surface area (Å²) in [4.78, 5) is 2.43. The van der Waals surface area contributed by atoms with Crippen LogP contribution in [-0.2, 0) is 36.0 Å². The molecule has 1 N–H and O–H groups in total. The van der Waals surface area contributed by atoms with Crippen LogP contribution in [0.3, 0.4) is 0 Å². The van der Waals surface area contributed by atoms with Crippen LogP contribution in [0, 0.1) is 11.7 Å². The Kier molecular flexibility index (Phi) is 8.16. The summed E-state index contributed by atoms with van der Waals surface area (Å²) in [6.07, 6.45) is 11.0. The molecule has 1 aliphatic heterocycles. The molecule has 2 heterocycles. The molecule has 0 radical (unpaired) electrons. The lowest BCUT2D eigenvalue weighted by molar-refractivity contribution is 0.242. The van der Waals surface area contributed by atoms with E-state index in [1.54, 1.807) is 22.9 Å². The van der Waals surface area contributed by atoms with Crippen LogP contribution in [0.5, 0.6) is 0 Å². The van der Waals surface area contributed by atoms with Gasteiger partial charge in [0, 0.05) is 19.6 Å². The number of sulfonamides is 1. The van der Waals surface area contributed by atoms with Crippen LogP contribution in [0.2, 0.25) is 0 Å². The second-order valence-electron chi connectivity index (χ2n) is 11.3. The predicted octanol–water partition coefficient (Wildman–Crippen LogP) is 6.28. The van der Waals surface area contributed by atoms with E-state index in [-0.39, 0.29) is 10.6 Å². The van der Waals surface area contributed by atoms with Crippen molar-refractivity contribution in [3.8, 4) is 5.69 Å². The first-order valence-corrected chi connectivity index (χ1v) is 16.0. The van der Waals surface area contributed by atoms with Gasteiger partial charge in [0.05, 0.1) is 28.2 Å². The third-order valence-corrected chi connectivity index (χ3v) is 9.72. The Labute approximate surface area is 241 Å². The number of halogens is 1. The lowest BCUT2D eigenvalue weighted by Gasteiger charge is -2.28. The Morgan fingerprint density at radius 2 is 1.80 bits per heavy atom. The van der Waals surface area contributed by atoms with Gasteiger partial charge in [-0.05, 0) is 78.3 Å². The number of benzene rings is 3. The molecule has 0 bridgehead atoms. The average molecular weight is 574 g/mol. The molecule has 0 spiro atoms. The highest BCUT2D eigenvalue weighted by Gasteiger charge is 2.22. The molecule has 1 aliphatic carbocycles. The van der Waals surface area contributed by atoms with Crippen molar-refractivity contribution in [1.29, 1.82) is 0 Å². The van der Waals surface area contributed by atoms with E-state index < -0.39 is 15.8 Å². The lowest BCUT2D eigenvalue weighted by atomic mass is 9.98. The van der Waals surface area contributed by atoms with Crippen molar-refractivity contribution in [2.75, 3.05) is 11.3 Å². The van der Waals surface area contributed by atoms with Crippen molar-refractivity contribution in [2.45, 2.75) is 69.4 Å². The Balaban J connectivity index is 1.06. The van der Waals surface area contributed by atoms with Gasteiger partial charge in [-0.25, -0.2) is 17.5 Å².